The standard InChI is InChI=1S/C22H36N4O2/c1-4-28-16-10-15-23-21(24-17-20(27)26(2)3)25-18-22(13-8-9-14-22)19-11-6-5-7-12-19/h5-7,11-12H,4,8-10,13-18H2,1-3H3,(H2,23,24,25). The van der Waals surface area contributed by atoms with Crippen molar-refractivity contribution in [2.75, 3.05) is 46.9 Å². The third kappa shape index (κ3) is 6.82. The molecule has 28 heavy (non-hydrogen) atoms. The van der Waals surface area contributed by atoms with E-state index in [1.54, 1.807) is 19.0 Å². The number of nitrogens with zero attached hydrogens (tertiary/aromatic N) is 2. The van der Waals surface area contributed by atoms with Crippen molar-refractivity contribution >= 4 is 11.9 Å². The molecular weight excluding hydrogens is 352 g/mol. The maximum absolute atomic E-state index is 12.0. The van der Waals surface area contributed by atoms with Crippen LogP contribution in [0.25, 0.3) is 0 Å². The van der Waals surface area contributed by atoms with Crippen LogP contribution in [-0.4, -0.2) is 63.7 Å². The second-order valence-corrected chi connectivity index (χ2v) is 7.64. The fourth-order valence-electron chi connectivity index (χ4n) is 3.65. The Morgan fingerprint density at radius 1 is 1.18 bits per heavy atom. The Kier molecular flexibility index (Phi) is 9.28. The zero-order chi connectivity index (χ0) is 20.2. The molecule has 0 unspecified atom stereocenters. The number of benzene rings is 1. The molecule has 0 atom stereocenters. The van der Waals surface area contributed by atoms with Crippen molar-refractivity contribution in [3.05, 3.63) is 35.9 Å². The predicted octanol–water partition coefficient (Wildman–Crippen LogP) is 2.55. The lowest BCUT2D eigenvalue weighted by atomic mass is 9.79. The third-order valence-electron chi connectivity index (χ3n) is 5.37. The van der Waals surface area contributed by atoms with Gasteiger partial charge in [0.25, 0.3) is 0 Å². The van der Waals surface area contributed by atoms with Gasteiger partial charge in [-0.1, -0.05) is 43.2 Å². The summed E-state index contributed by atoms with van der Waals surface area (Å²) in [5.41, 5.74) is 1.53. The van der Waals surface area contributed by atoms with Crippen molar-refractivity contribution in [1.82, 2.24) is 15.5 Å². The first kappa shape index (κ1) is 22.2. The molecule has 0 aromatic heterocycles. The molecule has 1 fully saturated rings. The van der Waals surface area contributed by atoms with E-state index in [-0.39, 0.29) is 17.9 Å². The number of hydrogen-bond acceptors (Lipinski definition) is 3. The third-order valence-corrected chi connectivity index (χ3v) is 5.37. The van der Waals surface area contributed by atoms with Gasteiger partial charge in [0, 0.05) is 45.8 Å². The summed E-state index contributed by atoms with van der Waals surface area (Å²) in [7, 11) is 3.51. The molecule has 1 aromatic rings. The second kappa shape index (κ2) is 11.7. The highest BCUT2D eigenvalue weighted by Gasteiger charge is 2.35. The van der Waals surface area contributed by atoms with E-state index in [1.807, 2.05) is 6.92 Å². The molecule has 1 aliphatic rings. The number of ether oxygens (including phenoxy) is 1. The molecule has 0 spiro atoms. The van der Waals surface area contributed by atoms with Crippen molar-refractivity contribution in [2.24, 2.45) is 4.99 Å². The average molecular weight is 389 g/mol. The first-order chi connectivity index (χ1) is 13.6. The fourth-order valence-corrected chi connectivity index (χ4v) is 3.65. The number of nitrogens with one attached hydrogen (secondary N) is 2. The van der Waals surface area contributed by atoms with E-state index in [0.29, 0.717) is 5.96 Å². The molecule has 156 valence electrons. The van der Waals surface area contributed by atoms with Gasteiger partial charge < -0.3 is 20.3 Å². The number of amides is 1. The van der Waals surface area contributed by atoms with E-state index in [4.69, 9.17) is 4.74 Å². The lowest BCUT2D eigenvalue weighted by Gasteiger charge is -2.31. The van der Waals surface area contributed by atoms with Gasteiger partial charge in [-0.15, -0.1) is 0 Å². The number of hydrogen-bond donors (Lipinski definition) is 2. The topological polar surface area (TPSA) is 66.0 Å². The van der Waals surface area contributed by atoms with Gasteiger partial charge in [-0.25, -0.2) is 4.99 Å². The number of rotatable bonds is 10. The minimum Gasteiger partial charge on any atom is -0.382 e. The van der Waals surface area contributed by atoms with Crippen molar-refractivity contribution in [1.29, 1.82) is 0 Å². The van der Waals surface area contributed by atoms with Gasteiger partial charge in [0.05, 0.1) is 0 Å². The minimum absolute atomic E-state index is 0.00550. The van der Waals surface area contributed by atoms with Crippen LogP contribution in [0.3, 0.4) is 0 Å². The summed E-state index contributed by atoms with van der Waals surface area (Å²) in [6, 6.07) is 10.8. The van der Waals surface area contributed by atoms with E-state index in [1.165, 1.54) is 31.2 Å². The van der Waals surface area contributed by atoms with Gasteiger partial charge in [0.2, 0.25) is 5.91 Å². The Labute approximate surface area is 169 Å². The molecule has 0 aliphatic heterocycles. The van der Waals surface area contributed by atoms with Crippen LogP contribution >= 0.6 is 0 Å². The molecule has 1 aliphatic carbocycles. The molecule has 0 heterocycles. The zero-order valence-electron chi connectivity index (χ0n) is 17.7. The summed E-state index contributed by atoms with van der Waals surface area (Å²) in [6.45, 7) is 5.19. The van der Waals surface area contributed by atoms with E-state index in [2.05, 4.69) is 46.0 Å². The lowest BCUT2D eigenvalue weighted by Crippen LogP contribution is -2.45. The van der Waals surface area contributed by atoms with E-state index < -0.39 is 0 Å². The van der Waals surface area contributed by atoms with E-state index >= 15 is 0 Å². The monoisotopic (exact) mass is 388 g/mol. The van der Waals surface area contributed by atoms with Crippen molar-refractivity contribution in [3.8, 4) is 0 Å². The average Bonchev–Trinajstić information content (AvgIpc) is 3.19. The minimum atomic E-state index is -0.00550. The van der Waals surface area contributed by atoms with Crippen LogP contribution in [0.15, 0.2) is 35.3 Å². The van der Waals surface area contributed by atoms with Gasteiger partial charge in [0.15, 0.2) is 5.96 Å². The summed E-state index contributed by atoms with van der Waals surface area (Å²) in [5, 5.41) is 6.87. The first-order valence-corrected chi connectivity index (χ1v) is 10.4. The Bertz CT molecular complexity index is 610. The van der Waals surface area contributed by atoms with Crippen molar-refractivity contribution < 1.29 is 9.53 Å². The number of carbonyl (C=O) groups excluding carboxylic acids is 1. The van der Waals surface area contributed by atoms with Crippen LogP contribution in [0.4, 0.5) is 0 Å². The number of guanidine groups is 1. The van der Waals surface area contributed by atoms with Crippen LogP contribution in [0, 0.1) is 0 Å². The molecule has 0 saturated heterocycles. The van der Waals surface area contributed by atoms with Gasteiger partial charge in [-0.05, 0) is 31.7 Å². The van der Waals surface area contributed by atoms with Gasteiger partial charge >= 0.3 is 0 Å². The predicted molar refractivity (Wildman–Crippen MR) is 115 cm³/mol. The summed E-state index contributed by atoms with van der Waals surface area (Å²) in [5.74, 6) is 0.697. The normalized spacial score (nSPS) is 16.0. The first-order valence-electron chi connectivity index (χ1n) is 10.4. The molecule has 2 rings (SSSR count). The molecule has 1 aromatic carbocycles. The van der Waals surface area contributed by atoms with Crippen LogP contribution in [-0.2, 0) is 14.9 Å². The van der Waals surface area contributed by atoms with Gasteiger partial charge in [0.1, 0.15) is 6.54 Å². The fraction of sp³-hybridized carbons (Fsp3) is 0.636. The number of aliphatic imine (C=N–C) groups is 1. The summed E-state index contributed by atoms with van der Waals surface area (Å²) >= 11 is 0. The maximum Gasteiger partial charge on any atom is 0.243 e. The summed E-state index contributed by atoms with van der Waals surface area (Å²) in [4.78, 5) is 18.0. The highest BCUT2D eigenvalue weighted by atomic mass is 16.5. The summed E-state index contributed by atoms with van der Waals surface area (Å²) < 4.78 is 5.40. The highest BCUT2D eigenvalue weighted by molar-refractivity contribution is 5.84. The van der Waals surface area contributed by atoms with E-state index in [9.17, 15) is 4.79 Å². The Hall–Kier alpha value is -2.08. The van der Waals surface area contributed by atoms with Gasteiger partial charge in [-0.3, -0.25) is 4.79 Å². The van der Waals surface area contributed by atoms with Crippen LogP contribution in [0.2, 0.25) is 0 Å². The van der Waals surface area contributed by atoms with Crippen LogP contribution in [0.1, 0.15) is 44.6 Å². The molecule has 1 amide bonds. The Balaban J connectivity index is 2.00. The molecular formula is C22H36N4O2. The SMILES string of the molecule is CCOCCCNC(=NCC(=O)N(C)C)NCC1(c2ccccc2)CCCC1. The second-order valence-electron chi connectivity index (χ2n) is 7.64. The molecule has 0 radical (unpaired) electrons. The largest absolute Gasteiger partial charge is 0.382 e. The van der Waals surface area contributed by atoms with Crippen LogP contribution < -0.4 is 10.6 Å². The molecule has 6 nitrogen and oxygen atoms in total. The quantitative estimate of drug-likeness (QED) is 0.367. The molecule has 6 heteroatoms. The van der Waals surface area contributed by atoms with Crippen molar-refractivity contribution in [2.45, 2.75) is 44.4 Å². The smallest absolute Gasteiger partial charge is 0.243 e. The zero-order valence-corrected chi connectivity index (χ0v) is 17.7. The molecule has 2 N–H and O–H groups in total. The number of carbonyl (C=O) groups is 1. The molecule has 1 saturated carbocycles. The molecule has 0 bridgehead atoms. The van der Waals surface area contributed by atoms with Crippen molar-refractivity contribution in [3.63, 3.8) is 0 Å². The highest BCUT2D eigenvalue weighted by Crippen LogP contribution is 2.40. The van der Waals surface area contributed by atoms with E-state index in [0.717, 1.165) is 32.7 Å². The lowest BCUT2D eigenvalue weighted by molar-refractivity contribution is -0.127. The number of likely N-dealkylation sites (N-methyl/N-ethyl adjacent to an activating group) is 1. The summed E-state index contributed by atoms with van der Waals surface area (Å²) in [6.07, 6.45) is 5.77. The maximum atomic E-state index is 12.0. The van der Waals surface area contributed by atoms with Gasteiger partial charge in [-0.2, -0.15) is 0 Å². The van der Waals surface area contributed by atoms with Crippen LogP contribution in [0.5, 0.6) is 0 Å². The Morgan fingerprint density at radius 2 is 1.89 bits per heavy atom. The Morgan fingerprint density at radius 3 is 2.54 bits per heavy atom.